The molecule has 0 aromatic carbocycles. The minimum atomic E-state index is -1.18. The van der Waals surface area contributed by atoms with Gasteiger partial charge in [-0.2, -0.15) is 0 Å². The summed E-state index contributed by atoms with van der Waals surface area (Å²) in [7, 11) is 1.24. The summed E-state index contributed by atoms with van der Waals surface area (Å²) < 4.78 is 21.2. The molecule has 0 aromatic heterocycles. The molecule has 3 aliphatic heterocycles. The van der Waals surface area contributed by atoms with Crippen molar-refractivity contribution in [2.24, 2.45) is 0 Å². The molecule has 0 bridgehead atoms. The fourth-order valence-corrected chi connectivity index (χ4v) is 2.69. The molecule has 116 valence electrons. The maximum atomic E-state index is 11.8. The van der Waals surface area contributed by atoms with E-state index in [0.29, 0.717) is 0 Å². The lowest BCUT2D eigenvalue weighted by Gasteiger charge is -2.45. The average molecular weight is 299 g/mol. The van der Waals surface area contributed by atoms with E-state index in [0.717, 1.165) is 0 Å². The number of aliphatic hydroxyl groups excluding tert-OH is 1. The van der Waals surface area contributed by atoms with Crippen LogP contribution < -0.4 is 0 Å². The SMILES string of the molecule is COC(=O)C1=C[C@@H]([C@H]2OC(C)(C)O[C@H]2O)O[C@@H]2CC(=O)N12. The molecule has 2 fully saturated rings. The smallest absolute Gasteiger partial charge is 0.354 e. The molecule has 0 aromatic rings. The topological polar surface area (TPSA) is 94.5 Å². The van der Waals surface area contributed by atoms with E-state index in [4.69, 9.17) is 14.2 Å². The Hall–Kier alpha value is -1.48. The van der Waals surface area contributed by atoms with E-state index < -0.39 is 36.5 Å². The van der Waals surface area contributed by atoms with Crippen LogP contribution in [0.25, 0.3) is 0 Å². The first-order chi connectivity index (χ1) is 9.82. The predicted octanol–water partition coefficient (Wildman–Crippen LogP) is -0.530. The quantitative estimate of drug-likeness (QED) is 0.541. The number of aliphatic hydroxyl groups is 1. The molecule has 3 aliphatic rings. The van der Waals surface area contributed by atoms with Gasteiger partial charge in [-0.05, 0) is 19.9 Å². The number of nitrogens with zero attached hydrogens (tertiary/aromatic N) is 1. The fourth-order valence-electron chi connectivity index (χ4n) is 2.69. The van der Waals surface area contributed by atoms with Gasteiger partial charge in [0.2, 0.25) is 5.91 Å². The number of rotatable bonds is 2. The Bertz CT molecular complexity index is 515. The summed E-state index contributed by atoms with van der Waals surface area (Å²) >= 11 is 0. The van der Waals surface area contributed by atoms with Crippen LogP contribution in [-0.4, -0.2) is 59.5 Å². The van der Waals surface area contributed by atoms with Crippen molar-refractivity contribution in [3.8, 4) is 0 Å². The highest BCUT2D eigenvalue weighted by atomic mass is 16.8. The number of esters is 1. The summed E-state index contributed by atoms with van der Waals surface area (Å²) in [5.74, 6) is -1.78. The molecule has 3 rings (SSSR count). The van der Waals surface area contributed by atoms with Crippen LogP contribution in [-0.2, 0) is 28.5 Å². The number of hydrogen-bond donors (Lipinski definition) is 1. The highest BCUT2D eigenvalue weighted by molar-refractivity contribution is 5.97. The third-order valence-corrected chi connectivity index (χ3v) is 3.63. The first-order valence-electron chi connectivity index (χ1n) is 6.64. The molecule has 0 radical (unpaired) electrons. The monoisotopic (exact) mass is 299 g/mol. The molecule has 3 heterocycles. The Morgan fingerprint density at radius 1 is 1.48 bits per heavy atom. The molecule has 1 N–H and O–H groups in total. The fraction of sp³-hybridized carbons (Fsp3) is 0.692. The van der Waals surface area contributed by atoms with Crippen LogP contribution in [0.5, 0.6) is 0 Å². The van der Waals surface area contributed by atoms with Crippen molar-refractivity contribution in [2.45, 2.75) is 50.8 Å². The molecule has 8 nitrogen and oxygen atoms in total. The van der Waals surface area contributed by atoms with E-state index in [9.17, 15) is 14.7 Å². The number of fused-ring (bicyclic) bond motifs is 1. The molecule has 21 heavy (non-hydrogen) atoms. The molecule has 4 atom stereocenters. The maximum Gasteiger partial charge on any atom is 0.354 e. The van der Waals surface area contributed by atoms with Gasteiger partial charge in [0, 0.05) is 0 Å². The lowest BCUT2D eigenvalue weighted by Crippen LogP contribution is -2.60. The molecule has 8 heteroatoms. The molecule has 1 amide bonds. The number of β-lactam (4-membered cyclic amide) rings is 1. The van der Waals surface area contributed by atoms with Crippen molar-refractivity contribution in [3.63, 3.8) is 0 Å². The van der Waals surface area contributed by atoms with Gasteiger partial charge in [0.25, 0.3) is 0 Å². The van der Waals surface area contributed by atoms with Gasteiger partial charge >= 0.3 is 5.97 Å². The lowest BCUT2D eigenvalue weighted by molar-refractivity contribution is -0.200. The van der Waals surface area contributed by atoms with Gasteiger partial charge in [-0.3, -0.25) is 9.69 Å². The zero-order valence-electron chi connectivity index (χ0n) is 11.9. The van der Waals surface area contributed by atoms with Crippen LogP contribution in [0, 0.1) is 0 Å². The number of carbonyl (C=O) groups excluding carboxylic acids is 2. The zero-order valence-corrected chi connectivity index (χ0v) is 11.9. The second-order valence-corrected chi connectivity index (χ2v) is 5.56. The van der Waals surface area contributed by atoms with E-state index >= 15 is 0 Å². The Morgan fingerprint density at radius 3 is 2.71 bits per heavy atom. The van der Waals surface area contributed by atoms with E-state index in [1.165, 1.54) is 18.1 Å². The normalized spacial score (nSPS) is 37.6. The number of carbonyl (C=O) groups is 2. The molecular weight excluding hydrogens is 282 g/mol. The van der Waals surface area contributed by atoms with Crippen LogP contribution in [0.2, 0.25) is 0 Å². The highest BCUT2D eigenvalue weighted by Crippen LogP contribution is 2.37. The summed E-state index contributed by atoms with van der Waals surface area (Å²) in [4.78, 5) is 24.6. The largest absolute Gasteiger partial charge is 0.464 e. The first kappa shape index (κ1) is 14.5. The average Bonchev–Trinajstić information content (AvgIpc) is 2.68. The van der Waals surface area contributed by atoms with E-state index in [-0.39, 0.29) is 18.0 Å². The molecule has 0 unspecified atom stereocenters. The van der Waals surface area contributed by atoms with Crippen LogP contribution in [0.3, 0.4) is 0 Å². The summed E-state index contributed by atoms with van der Waals surface area (Å²) in [6.45, 7) is 3.34. The van der Waals surface area contributed by atoms with Gasteiger partial charge in [0.1, 0.15) is 24.1 Å². The number of hydrogen-bond acceptors (Lipinski definition) is 7. The van der Waals surface area contributed by atoms with Crippen molar-refractivity contribution < 1.29 is 33.6 Å². The van der Waals surface area contributed by atoms with E-state index in [2.05, 4.69) is 4.74 Å². The third kappa shape index (κ3) is 2.34. The second kappa shape index (κ2) is 4.77. The summed E-state index contributed by atoms with van der Waals surface area (Å²) in [6.07, 6.45) is -1.60. The second-order valence-electron chi connectivity index (χ2n) is 5.56. The van der Waals surface area contributed by atoms with Gasteiger partial charge in [-0.15, -0.1) is 0 Å². The minimum Gasteiger partial charge on any atom is -0.464 e. The van der Waals surface area contributed by atoms with Gasteiger partial charge in [0.15, 0.2) is 12.1 Å². The molecule has 2 saturated heterocycles. The van der Waals surface area contributed by atoms with Crippen molar-refractivity contribution >= 4 is 11.9 Å². The lowest BCUT2D eigenvalue weighted by atomic mass is 10.0. The minimum absolute atomic E-state index is 0.107. The predicted molar refractivity (Wildman–Crippen MR) is 66.3 cm³/mol. The molecule has 0 saturated carbocycles. The number of methoxy groups -OCH3 is 1. The van der Waals surface area contributed by atoms with Crippen LogP contribution in [0.4, 0.5) is 0 Å². The molecule has 0 spiro atoms. The van der Waals surface area contributed by atoms with Crippen molar-refractivity contribution in [1.82, 2.24) is 4.90 Å². The first-order valence-corrected chi connectivity index (χ1v) is 6.64. The Labute approximate surface area is 121 Å². The third-order valence-electron chi connectivity index (χ3n) is 3.63. The Kier molecular flexibility index (Phi) is 3.28. The van der Waals surface area contributed by atoms with Gasteiger partial charge < -0.3 is 24.1 Å². The van der Waals surface area contributed by atoms with Gasteiger partial charge in [-0.1, -0.05) is 0 Å². The highest BCUT2D eigenvalue weighted by Gasteiger charge is 2.51. The number of amides is 1. The van der Waals surface area contributed by atoms with Crippen LogP contribution in [0.1, 0.15) is 20.3 Å². The molecule has 0 aliphatic carbocycles. The van der Waals surface area contributed by atoms with Crippen LogP contribution in [0.15, 0.2) is 11.8 Å². The summed E-state index contributed by atoms with van der Waals surface area (Å²) in [5, 5.41) is 9.93. The van der Waals surface area contributed by atoms with E-state index in [1.54, 1.807) is 13.8 Å². The van der Waals surface area contributed by atoms with Crippen LogP contribution >= 0.6 is 0 Å². The number of ether oxygens (including phenoxy) is 4. The Morgan fingerprint density at radius 2 is 2.19 bits per heavy atom. The summed E-state index contributed by atoms with van der Waals surface area (Å²) in [5.41, 5.74) is 0.107. The van der Waals surface area contributed by atoms with E-state index in [1.807, 2.05) is 0 Å². The standard InChI is InChI=1S/C13H17NO7/c1-13(2)20-10(12(17)21-13)7-4-6(11(16)18-3)14-8(15)5-9(14)19-7/h4,7,9-10,12,17H,5H2,1-3H3/t7-,9+,10+,12+/m0/s1. The zero-order chi connectivity index (χ0) is 15.4. The maximum absolute atomic E-state index is 11.8. The van der Waals surface area contributed by atoms with Gasteiger partial charge in [0.05, 0.1) is 13.5 Å². The Balaban J connectivity index is 1.87. The molecular formula is C13H17NO7. The van der Waals surface area contributed by atoms with Crippen molar-refractivity contribution in [1.29, 1.82) is 0 Å². The summed E-state index contributed by atoms with van der Waals surface area (Å²) in [6, 6.07) is 0. The van der Waals surface area contributed by atoms with Crippen molar-refractivity contribution in [3.05, 3.63) is 11.8 Å². The van der Waals surface area contributed by atoms with Gasteiger partial charge in [-0.25, -0.2) is 4.79 Å². The van der Waals surface area contributed by atoms with Crippen molar-refractivity contribution in [2.75, 3.05) is 7.11 Å².